The van der Waals surface area contributed by atoms with E-state index in [2.05, 4.69) is 0 Å². The predicted molar refractivity (Wildman–Crippen MR) is 66.5 cm³/mol. The molecule has 0 aliphatic carbocycles. The number of carboxylic acids is 2. The summed E-state index contributed by atoms with van der Waals surface area (Å²) in [6, 6.07) is 0. The molecule has 0 fully saturated rings. The average molecular weight is 275 g/mol. The van der Waals surface area contributed by atoms with Gasteiger partial charge in [-0.2, -0.15) is 0 Å². The van der Waals surface area contributed by atoms with Crippen LogP contribution in [0.2, 0.25) is 0 Å². The lowest BCUT2D eigenvalue weighted by Gasteiger charge is -2.22. The summed E-state index contributed by atoms with van der Waals surface area (Å²) in [5.74, 6) is -3.27. The van der Waals surface area contributed by atoms with Crippen molar-refractivity contribution in [1.29, 1.82) is 0 Å². The van der Waals surface area contributed by atoms with E-state index in [1.807, 2.05) is 0 Å². The highest BCUT2D eigenvalue weighted by atomic mass is 16.5. The third kappa shape index (κ3) is 6.19. The van der Waals surface area contributed by atoms with Crippen LogP contribution in [0.4, 0.5) is 0 Å². The van der Waals surface area contributed by atoms with Crippen molar-refractivity contribution in [1.82, 2.24) is 0 Å². The van der Waals surface area contributed by atoms with Crippen molar-refractivity contribution in [2.75, 3.05) is 6.61 Å². The van der Waals surface area contributed by atoms with Crippen molar-refractivity contribution in [2.24, 2.45) is 5.73 Å². The molecule has 0 aromatic carbocycles. The predicted octanol–water partition coefficient (Wildman–Crippen LogP) is 0.757. The van der Waals surface area contributed by atoms with Gasteiger partial charge in [-0.3, -0.25) is 4.79 Å². The molecule has 7 heteroatoms. The Morgan fingerprint density at radius 3 is 2.26 bits per heavy atom. The normalized spacial score (nSPS) is 13.6. The van der Waals surface area contributed by atoms with Gasteiger partial charge in [0.05, 0.1) is 6.61 Å². The minimum absolute atomic E-state index is 0.0188. The fraction of sp³-hybridized carbons (Fsp3) is 0.750. The summed E-state index contributed by atoms with van der Waals surface area (Å²) in [4.78, 5) is 33.0. The molecule has 1 atom stereocenters. The van der Waals surface area contributed by atoms with Crippen LogP contribution in [0.3, 0.4) is 0 Å². The van der Waals surface area contributed by atoms with E-state index in [1.165, 1.54) is 0 Å². The summed E-state index contributed by atoms with van der Waals surface area (Å²) in [6.45, 7) is 1.92. The second-order valence-corrected chi connectivity index (χ2v) is 4.37. The fourth-order valence-corrected chi connectivity index (χ4v) is 1.48. The van der Waals surface area contributed by atoms with Crippen LogP contribution >= 0.6 is 0 Å². The first-order valence-corrected chi connectivity index (χ1v) is 6.26. The number of carbonyl (C=O) groups excluding carboxylic acids is 1. The van der Waals surface area contributed by atoms with E-state index >= 15 is 0 Å². The molecule has 0 saturated carbocycles. The Kier molecular flexibility index (Phi) is 7.74. The number of unbranched alkanes of at least 4 members (excludes halogenated alkanes) is 2. The van der Waals surface area contributed by atoms with E-state index in [0.717, 1.165) is 0 Å². The molecule has 7 nitrogen and oxygen atoms in total. The quantitative estimate of drug-likeness (QED) is 0.305. The van der Waals surface area contributed by atoms with Crippen LogP contribution in [0, 0.1) is 0 Å². The van der Waals surface area contributed by atoms with Gasteiger partial charge in [0.1, 0.15) is 0 Å². The highest BCUT2D eigenvalue weighted by Crippen LogP contribution is 2.16. The topological polar surface area (TPSA) is 127 Å². The van der Waals surface area contributed by atoms with E-state index in [0.29, 0.717) is 25.7 Å². The van der Waals surface area contributed by atoms with Crippen LogP contribution in [-0.4, -0.2) is 40.3 Å². The lowest BCUT2D eigenvalue weighted by atomic mass is 9.93. The molecule has 0 aliphatic rings. The van der Waals surface area contributed by atoms with Crippen LogP contribution in [0.1, 0.15) is 45.4 Å². The summed E-state index contributed by atoms with van der Waals surface area (Å²) in [6.07, 6.45) is 1.82. The molecule has 0 saturated heterocycles. The summed E-state index contributed by atoms with van der Waals surface area (Å²) in [5, 5.41) is 17.5. The first kappa shape index (κ1) is 17.4. The molecule has 0 amide bonds. The largest absolute Gasteiger partial charge is 0.481 e. The van der Waals surface area contributed by atoms with Gasteiger partial charge in [-0.05, 0) is 19.3 Å². The van der Waals surface area contributed by atoms with Gasteiger partial charge in [-0.15, -0.1) is 0 Å². The number of rotatable bonds is 10. The van der Waals surface area contributed by atoms with E-state index in [1.54, 1.807) is 6.92 Å². The lowest BCUT2D eigenvalue weighted by Crippen LogP contribution is -2.55. The molecule has 0 heterocycles. The maximum absolute atomic E-state index is 11.6. The smallest absolute Gasteiger partial charge is 0.337 e. The Morgan fingerprint density at radius 2 is 1.79 bits per heavy atom. The van der Waals surface area contributed by atoms with Gasteiger partial charge in [0, 0.05) is 6.42 Å². The number of carbonyl (C=O) groups is 3. The van der Waals surface area contributed by atoms with Gasteiger partial charge in [-0.1, -0.05) is 19.8 Å². The lowest BCUT2D eigenvalue weighted by molar-refractivity contribution is -0.161. The Morgan fingerprint density at radius 1 is 1.16 bits per heavy atom. The molecule has 110 valence electrons. The number of esters is 1. The monoisotopic (exact) mass is 275 g/mol. The van der Waals surface area contributed by atoms with Gasteiger partial charge in [0.15, 0.2) is 0 Å². The van der Waals surface area contributed by atoms with Gasteiger partial charge in [-0.25, -0.2) is 9.59 Å². The molecule has 0 rings (SSSR count). The van der Waals surface area contributed by atoms with Crippen molar-refractivity contribution in [3.63, 3.8) is 0 Å². The molecule has 4 N–H and O–H groups in total. The number of nitrogens with two attached hydrogens (primary N) is 1. The standard InChI is InChI=1S/C12H21NO6/c1-2-8-19-11(18)12(13,10(16)17)7-5-3-4-6-9(14)15/h2-8,13H2,1H3,(H,14,15)(H,16,17). The maximum Gasteiger partial charge on any atom is 0.337 e. The Balaban J connectivity index is 4.27. The Hall–Kier alpha value is -1.63. The van der Waals surface area contributed by atoms with Crippen LogP contribution in [-0.2, 0) is 19.1 Å². The van der Waals surface area contributed by atoms with E-state index in [-0.39, 0.29) is 19.4 Å². The summed E-state index contributed by atoms with van der Waals surface area (Å²) < 4.78 is 4.77. The fourth-order valence-electron chi connectivity index (χ4n) is 1.48. The third-order valence-electron chi connectivity index (χ3n) is 2.64. The van der Waals surface area contributed by atoms with Crippen molar-refractivity contribution in [2.45, 2.75) is 51.0 Å². The second kappa shape index (κ2) is 8.47. The summed E-state index contributed by atoms with van der Waals surface area (Å²) in [7, 11) is 0. The van der Waals surface area contributed by atoms with E-state index < -0.39 is 23.4 Å². The van der Waals surface area contributed by atoms with Gasteiger partial charge in [0.25, 0.3) is 0 Å². The highest BCUT2D eigenvalue weighted by Gasteiger charge is 2.43. The van der Waals surface area contributed by atoms with Gasteiger partial charge < -0.3 is 20.7 Å². The average Bonchev–Trinajstić information content (AvgIpc) is 2.34. The molecule has 0 aromatic rings. The molecular weight excluding hydrogens is 254 g/mol. The number of hydrogen-bond acceptors (Lipinski definition) is 5. The minimum Gasteiger partial charge on any atom is -0.481 e. The van der Waals surface area contributed by atoms with Crippen molar-refractivity contribution in [3.05, 3.63) is 0 Å². The zero-order valence-corrected chi connectivity index (χ0v) is 11.1. The molecule has 1 unspecified atom stereocenters. The molecule has 0 aliphatic heterocycles. The highest BCUT2D eigenvalue weighted by molar-refractivity contribution is 6.03. The van der Waals surface area contributed by atoms with Gasteiger partial charge >= 0.3 is 17.9 Å². The van der Waals surface area contributed by atoms with Gasteiger partial charge in [0.2, 0.25) is 5.54 Å². The Labute approximate surface area is 111 Å². The maximum atomic E-state index is 11.6. The summed E-state index contributed by atoms with van der Waals surface area (Å²) >= 11 is 0. The third-order valence-corrected chi connectivity index (χ3v) is 2.64. The van der Waals surface area contributed by atoms with Crippen LogP contribution in [0.25, 0.3) is 0 Å². The molecule has 0 bridgehead atoms. The zero-order valence-electron chi connectivity index (χ0n) is 11.1. The Bertz CT molecular complexity index is 330. The number of ether oxygens (including phenoxy) is 1. The number of carboxylic acid groups (broad SMARTS) is 2. The minimum atomic E-state index is -2.04. The number of aliphatic carboxylic acids is 2. The molecule has 0 aromatic heterocycles. The van der Waals surface area contributed by atoms with Crippen molar-refractivity contribution >= 4 is 17.9 Å². The molecular formula is C12H21NO6. The SMILES string of the molecule is CCCOC(=O)C(N)(CCCCCC(=O)O)C(=O)O. The van der Waals surface area contributed by atoms with Crippen LogP contribution in [0.15, 0.2) is 0 Å². The zero-order chi connectivity index (χ0) is 14.9. The first-order chi connectivity index (χ1) is 8.84. The first-order valence-electron chi connectivity index (χ1n) is 6.26. The summed E-state index contributed by atoms with van der Waals surface area (Å²) in [5.41, 5.74) is 3.53. The van der Waals surface area contributed by atoms with Crippen molar-refractivity contribution in [3.8, 4) is 0 Å². The second-order valence-electron chi connectivity index (χ2n) is 4.37. The van der Waals surface area contributed by atoms with Crippen LogP contribution < -0.4 is 5.73 Å². The van der Waals surface area contributed by atoms with E-state index in [4.69, 9.17) is 20.7 Å². The molecule has 0 spiro atoms. The number of hydrogen-bond donors (Lipinski definition) is 3. The van der Waals surface area contributed by atoms with Crippen molar-refractivity contribution < 1.29 is 29.3 Å². The molecule has 0 radical (unpaired) electrons. The van der Waals surface area contributed by atoms with Crippen LogP contribution in [0.5, 0.6) is 0 Å². The molecule has 19 heavy (non-hydrogen) atoms. The van der Waals surface area contributed by atoms with E-state index in [9.17, 15) is 14.4 Å².